The van der Waals surface area contributed by atoms with E-state index < -0.39 is 5.54 Å². The number of rotatable bonds is 8. The van der Waals surface area contributed by atoms with Crippen molar-refractivity contribution in [2.24, 2.45) is 7.05 Å². The lowest BCUT2D eigenvalue weighted by Gasteiger charge is -2.17. The summed E-state index contributed by atoms with van der Waals surface area (Å²) in [6.45, 7) is 6.73. The number of hydrogen-bond acceptors (Lipinski definition) is 5. The van der Waals surface area contributed by atoms with Crippen molar-refractivity contribution in [1.82, 2.24) is 20.1 Å². The van der Waals surface area contributed by atoms with Gasteiger partial charge in [-0.05, 0) is 50.3 Å². The van der Waals surface area contributed by atoms with Gasteiger partial charge in [-0.2, -0.15) is 10.4 Å². The van der Waals surface area contributed by atoms with E-state index in [2.05, 4.69) is 33.7 Å². The molecule has 1 saturated carbocycles. The number of nitrogens with zero attached hydrogens (tertiary/aromatic N) is 4. The summed E-state index contributed by atoms with van der Waals surface area (Å²) < 4.78 is 1.81. The van der Waals surface area contributed by atoms with Crippen LogP contribution in [0.5, 0.6) is 0 Å². The molecule has 28 heavy (non-hydrogen) atoms. The Hall–Kier alpha value is -2.88. The smallest absolute Gasteiger partial charge is 0.269 e. The maximum Gasteiger partial charge on any atom is 0.269 e. The van der Waals surface area contributed by atoms with Crippen molar-refractivity contribution in [2.75, 3.05) is 11.9 Å². The molecule has 1 fully saturated rings. The quantitative estimate of drug-likeness (QED) is 0.684. The summed E-state index contributed by atoms with van der Waals surface area (Å²) in [5.74, 6) is 0.405. The molecule has 7 heteroatoms. The molecule has 2 heterocycles. The fraction of sp³-hybridized carbons (Fsp3) is 0.524. The van der Waals surface area contributed by atoms with E-state index in [1.165, 1.54) is 0 Å². The van der Waals surface area contributed by atoms with Crippen LogP contribution in [0.15, 0.2) is 12.3 Å². The first-order valence-electron chi connectivity index (χ1n) is 9.89. The Morgan fingerprint density at radius 3 is 2.64 bits per heavy atom. The summed E-state index contributed by atoms with van der Waals surface area (Å²) in [4.78, 5) is 17.3. The third-order valence-electron chi connectivity index (χ3n) is 5.42. The Bertz CT molecular complexity index is 920. The van der Waals surface area contributed by atoms with Crippen molar-refractivity contribution in [1.29, 1.82) is 5.26 Å². The van der Waals surface area contributed by atoms with Crippen molar-refractivity contribution >= 4 is 11.7 Å². The summed E-state index contributed by atoms with van der Waals surface area (Å²) >= 11 is 0. The van der Waals surface area contributed by atoms with Gasteiger partial charge in [-0.3, -0.25) is 9.48 Å². The van der Waals surface area contributed by atoms with E-state index in [0.717, 1.165) is 54.5 Å². The first-order chi connectivity index (χ1) is 13.4. The highest BCUT2D eigenvalue weighted by Gasteiger charge is 2.44. The molecule has 0 radical (unpaired) electrons. The van der Waals surface area contributed by atoms with E-state index in [4.69, 9.17) is 0 Å². The molecule has 7 nitrogen and oxygen atoms in total. The molecule has 148 valence electrons. The van der Waals surface area contributed by atoms with E-state index in [1.54, 1.807) is 0 Å². The number of anilines is 1. The monoisotopic (exact) mass is 380 g/mol. The molecule has 0 aliphatic heterocycles. The summed E-state index contributed by atoms with van der Waals surface area (Å²) in [6.07, 6.45) is 6.53. The summed E-state index contributed by atoms with van der Waals surface area (Å²) in [5.41, 5.74) is 3.60. The van der Waals surface area contributed by atoms with E-state index in [0.29, 0.717) is 18.1 Å². The number of unbranched alkanes of at least 4 members (excludes halogenated alkanes) is 2. The van der Waals surface area contributed by atoms with Gasteiger partial charge in [0.1, 0.15) is 17.1 Å². The van der Waals surface area contributed by atoms with Crippen molar-refractivity contribution in [3.05, 3.63) is 29.2 Å². The van der Waals surface area contributed by atoms with Crippen LogP contribution in [-0.4, -0.2) is 32.8 Å². The van der Waals surface area contributed by atoms with Crippen LogP contribution in [0.3, 0.4) is 0 Å². The Balaban J connectivity index is 1.97. The van der Waals surface area contributed by atoms with Crippen LogP contribution in [0.2, 0.25) is 0 Å². The van der Waals surface area contributed by atoms with Crippen LogP contribution in [0.25, 0.3) is 11.1 Å². The zero-order valence-corrected chi connectivity index (χ0v) is 17.1. The van der Waals surface area contributed by atoms with E-state index in [9.17, 15) is 10.1 Å². The van der Waals surface area contributed by atoms with Crippen molar-refractivity contribution in [3.8, 4) is 17.2 Å². The highest BCUT2D eigenvalue weighted by molar-refractivity contribution is 5.95. The number of pyridine rings is 1. The minimum absolute atomic E-state index is 0.191. The van der Waals surface area contributed by atoms with Gasteiger partial charge in [-0.1, -0.05) is 19.8 Å². The highest BCUT2D eigenvalue weighted by Crippen LogP contribution is 2.40. The predicted molar refractivity (Wildman–Crippen MR) is 109 cm³/mol. The van der Waals surface area contributed by atoms with Crippen LogP contribution in [0.4, 0.5) is 5.82 Å². The third kappa shape index (κ3) is 4.01. The number of hydrogen-bond donors (Lipinski definition) is 2. The van der Waals surface area contributed by atoms with Crippen molar-refractivity contribution in [3.63, 3.8) is 0 Å². The number of amides is 1. The van der Waals surface area contributed by atoms with Crippen LogP contribution >= 0.6 is 0 Å². The second kappa shape index (κ2) is 8.01. The van der Waals surface area contributed by atoms with Crippen molar-refractivity contribution < 1.29 is 4.79 Å². The molecule has 1 aliphatic rings. The fourth-order valence-electron chi connectivity index (χ4n) is 3.17. The summed E-state index contributed by atoms with van der Waals surface area (Å²) in [6, 6.07) is 4.16. The zero-order valence-electron chi connectivity index (χ0n) is 17.1. The van der Waals surface area contributed by atoms with Gasteiger partial charge in [0, 0.05) is 24.8 Å². The van der Waals surface area contributed by atoms with Gasteiger partial charge in [0.25, 0.3) is 5.91 Å². The van der Waals surface area contributed by atoms with Crippen LogP contribution in [-0.2, 0) is 7.05 Å². The van der Waals surface area contributed by atoms with Crippen LogP contribution in [0.1, 0.15) is 60.8 Å². The number of aryl methyl sites for hydroxylation is 1. The minimum atomic E-state index is -0.560. The van der Waals surface area contributed by atoms with Gasteiger partial charge in [0.2, 0.25) is 0 Å². The molecule has 0 unspecified atom stereocenters. The van der Waals surface area contributed by atoms with Gasteiger partial charge >= 0.3 is 0 Å². The molecule has 1 aliphatic carbocycles. The van der Waals surface area contributed by atoms with Gasteiger partial charge in [0.05, 0.1) is 12.3 Å². The fourth-order valence-corrected chi connectivity index (χ4v) is 3.17. The van der Waals surface area contributed by atoms with E-state index in [-0.39, 0.29) is 5.91 Å². The number of nitriles is 1. The molecular formula is C21H28N6O. The lowest BCUT2D eigenvalue weighted by Crippen LogP contribution is -2.27. The summed E-state index contributed by atoms with van der Waals surface area (Å²) in [5, 5.41) is 20.0. The standard InChI is InChI=1S/C21H28N6O/c1-5-6-7-10-23-20(28)18-11-16(17-12-24-27(4)15(17)3)14(2)19(25-18)26-21(13-22)8-9-21/h11-12H,5-10H2,1-4H3,(H,23,28)(H,25,26). The lowest BCUT2D eigenvalue weighted by molar-refractivity contribution is 0.0948. The second-order valence-electron chi connectivity index (χ2n) is 7.58. The largest absolute Gasteiger partial charge is 0.352 e. The Labute approximate surface area is 166 Å². The maximum absolute atomic E-state index is 12.7. The maximum atomic E-state index is 12.7. The molecule has 0 bridgehead atoms. The van der Waals surface area contributed by atoms with Gasteiger partial charge in [0.15, 0.2) is 0 Å². The normalized spacial score (nSPS) is 14.4. The predicted octanol–water partition coefficient (Wildman–Crippen LogP) is 3.49. The lowest BCUT2D eigenvalue weighted by atomic mass is 10.0. The molecule has 2 aromatic rings. The van der Waals surface area contributed by atoms with E-state index in [1.807, 2.05) is 37.8 Å². The van der Waals surface area contributed by atoms with Crippen molar-refractivity contribution in [2.45, 2.75) is 58.4 Å². The average molecular weight is 380 g/mol. The number of nitrogens with one attached hydrogen (secondary N) is 2. The first-order valence-corrected chi connectivity index (χ1v) is 9.89. The third-order valence-corrected chi connectivity index (χ3v) is 5.42. The van der Waals surface area contributed by atoms with E-state index >= 15 is 0 Å². The molecule has 2 aromatic heterocycles. The Kier molecular flexibility index (Phi) is 5.68. The van der Waals surface area contributed by atoms with Gasteiger partial charge in [-0.25, -0.2) is 4.98 Å². The SMILES string of the molecule is CCCCCNC(=O)c1cc(-c2cnn(C)c2C)c(C)c(NC2(C#N)CC2)n1. The zero-order chi connectivity index (χ0) is 20.3. The molecule has 1 amide bonds. The molecule has 2 N–H and O–H groups in total. The number of carbonyl (C=O) groups is 1. The number of aromatic nitrogens is 3. The highest BCUT2D eigenvalue weighted by atomic mass is 16.1. The molecular weight excluding hydrogens is 352 g/mol. The Morgan fingerprint density at radius 1 is 1.32 bits per heavy atom. The first kappa shape index (κ1) is 19.9. The average Bonchev–Trinajstić information content (AvgIpc) is 3.39. The topological polar surface area (TPSA) is 95.6 Å². The molecule has 3 rings (SSSR count). The Morgan fingerprint density at radius 2 is 2.07 bits per heavy atom. The molecule has 0 atom stereocenters. The van der Waals surface area contributed by atoms with Crippen LogP contribution in [0, 0.1) is 25.2 Å². The molecule has 0 saturated heterocycles. The number of carbonyl (C=O) groups excluding carboxylic acids is 1. The molecule has 0 aromatic carbocycles. The second-order valence-corrected chi connectivity index (χ2v) is 7.58. The molecule has 0 spiro atoms. The van der Waals surface area contributed by atoms with Crippen LogP contribution < -0.4 is 10.6 Å². The van der Waals surface area contributed by atoms with Gasteiger partial charge < -0.3 is 10.6 Å². The minimum Gasteiger partial charge on any atom is -0.352 e. The van der Waals surface area contributed by atoms with Gasteiger partial charge in [-0.15, -0.1) is 0 Å². The summed E-state index contributed by atoms with van der Waals surface area (Å²) in [7, 11) is 1.89.